The Bertz CT molecular complexity index is 1230. The molecule has 9 heteroatoms. The normalized spacial score (nSPS) is 13.2. The number of hydrogen-bond acceptors (Lipinski definition) is 6. The van der Waals surface area contributed by atoms with Crippen molar-refractivity contribution in [1.29, 1.82) is 0 Å². The number of hydrogen-bond donors (Lipinski definition) is 2. The molecular weight excluding hydrogens is 702 g/mol. The summed E-state index contributed by atoms with van der Waals surface area (Å²) in [6.07, 6.45) is 0.876. The van der Waals surface area contributed by atoms with E-state index in [1.165, 1.54) is 16.8 Å². The first-order valence-electron chi connectivity index (χ1n) is 12.8. The average Bonchev–Trinajstić information content (AvgIpc) is 2.92. The largest absolute Gasteiger partial charge is 2.00 e. The fraction of sp³-hybridized carbons (Fsp3) is 0.379. The van der Waals surface area contributed by atoms with Crippen molar-refractivity contribution in [3.05, 3.63) is 81.4 Å². The summed E-state index contributed by atoms with van der Waals surface area (Å²) in [6, 6.07) is 16.5. The summed E-state index contributed by atoms with van der Waals surface area (Å²) in [5.41, 5.74) is 7.70. The van der Waals surface area contributed by atoms with Crippen LogP contribution in [0.4, 0.5) is 17.2 Å². The third-order valence-corrected chi connectivity index (χ3v) is 6.72. The van der Waals surface area contributed by atoms with E-state index in [2.05, 4.69) is 69.1 Å². The minimum Gasteiger partial charge on any atom is -0.668 e. The monoisotopic (exact) mass is 738 g/mol. The van der Waals surface area contributed by atoms with Gasteiger partial charge in [-0.1, -0.05) is 30.3 Å². The summed E-state index contributed by atoms with van der Waals surface area (Å²) in [5.74, 6) is 0.512. The Kier molecular flexibility index (Phi) is 11.2. The number of aliphatic hydroxyl groups is 1. The molecule has 0 bridgehead atoms. The first-order chi connectivity index (χ1) is 18.0. The van der Waals surface area contributed by atoms with Crippen LogP contribution in [0, 0.1) is 31.1 Å². The van der Waals surface area contributed by atoms with E-state index in [0.717, 1.165) is 49.4 Å². The smallest absolute Gasteiger partial charge is 0.668 e. The van der Waals surface area contributed by atoms with Crippen LogP contribution in [0.3, 0.4) is 0 Å². The number of anilines is 2. The van der Waals surface area contributed by atoms with Crippen LogP contribution in [0.1, 0.15) is 34.0 Å². The van der Waals surface area contributed by atoms with E-state index in [1.54, 1.807) is 14.1 Å². The number of nitrogens with one attached hydrogen (secondary N) is 1. The topological polar surface area (TPSA) is 96.9 Å². The molecule has 1 aromatic heterocycles. The van der Waals surface area contributed by atoms with Gasteiger partial charge in [0.25, 0.3) is 0 Å². The zero-order valence-corrected chi connectivity index (χ0v) is 26.8. The van der Waals surface area contributed by atoms with Gasteiger partial charge in [0.15, 0.2) is 0 Å². The molecule has 2 aliphatic heterocycles. The van der Waals surface area contributed by atoms with Crippen LogP contribution < -0.4 is 15.1 Å². The number of nitrogens with zero attached hydrogens (tertiary/aromatic N) is 5. The van der Waals surface area contributed by atoms with Crippen LogP contribution in [-0.2, 0) is 19.6 Å². The van der Waals surface area contributed by atoms with Crippen LogP contribution in [0.2, 0.25) is 0 Å². The fourth-order valence-corrected chi connectivity index (χ4v) is 4.75. The van der Waals surface area contributed by atoms with E-state index in [9.17, 15) is 9.90 Å². The second-order valence-corrected chi connectivity index (χ2v) is 9.25. The van der Waals surface area contributed by atoms with Gasteiger partial charge in [0, 0.05) is 49.5 Å². The molecule has 0 aliphatic carbocycles. The van der Waals surface area contributed by atoms with Crippen molar-refractivity contribution < 1.29 is 41.0 Å². The molecule has 198 valence electrons. The molecule has 0 unspecified atom stereocenters. The first-order valence-corrected chi connectivity index (χ1v) is 12.8. The van der Waals surface area contributed by atoms with Gasteiger partial charge >= 0.3 is 31.1 Å². The van der Waals surface area contributed by atoms with Gasteiger partial charge in [0.1, 0.15) is 5.82 Å². The summed E-state index contributed by atoms with van der Waals surface area (Å²) in [6.45, 7) is 6.45. The van der Waals surface area contributed by atoms with Crippen molar-refractivity contribution >= 4 is 23.1 Å². The molecule has 0 saturated heterocycles. The molecular formula is C29H36N6O2U. The van der Waals surface area contributed by atoms with Gasteiger partial charge in [-0.2, -0.15) is 14.1 Å². The third-order valence-electron chi connectivity index (χ3n) is 6.72. The van der Waals surface area contributed by atoms with Crippen molar-refractivity contribution in [3.63, 3.8) is 0 Å². The van der Waals surface area contributed by atoms with E-state index >= 15 is 0 Å². The molecule has 2 N–H and O–H groups in total. The number of carbonyl (C=O) groups is 1. The number of pyridine rings is 1. The molecule has 38 heavy (non-hydrogen) atoms. The number of amides is 1. The standard InChI is InChI=1S/C27H31N5O2.C2H6N.U/c1-3-31(13-11-28-2)22-8-6-20(7-9-22)23-15-24-25(27(34)30-24)26(29-23)32-12-10-19-5-4-18(17-33)14-21(19)16-32;1-3-2;/h4-9,14-15,28,33H,3,10-13,16-17H2,1-2H3,(H,29,30,34);1-2H3;/q;-1;+2/p-1. The van der Waals surface area contributed by atoms with Gasteiger partial charge in [0.05, 0.1) is 18.2 Å². The Balaban J connectivity index is 0.000000956. The molecule has 0 atom stereocenters. The molecule has 2 aromatic carbocycles. The number of rotatable bonds is 8. The van der Waals surface area contributed by atoms with Crippen molar-refractivity contribution in [3.8, 4) is 11.3 Å². The summed E-state index contributed by atoms with van der Waals surface area (Å²) in [7, 11) is 5.47. The molecule has 0 saturated carbocycles. The van der Waals surface area contributed by atoms with E-state index in [-0.39, 0.29) is 43.6 Å². The molecule has 0 fully saturated rings. The molecule has 8 nitrogen and oxygen atoms in total. The third kappa shape index (κ3) is 6.59. The molecule has 5 rings (SSSR count). The van der Waals surface area contributed by atoms with Crippen molar-refractivity contribution in [2.75, 3.05) is 57.1 Å². The maximum absolute atomic E-state index is 12.3. The maximum Gasteiger partial charge on any atom is 2.00 e. The maximum atomic E-state index is 12.3. The van der Waals surface area contributed by atoms with Gasteiger partial charge in [0.2, 0.25) is 0 Å². The molecule has 2 aliphatic rings. The number of carbonyl (C=O) groups excluding carboxylic acids is 1. The van der Waals surface area contributed by atoms with Gasteiger partial charge in [-0.3, -0.25) is 0 Å². The van der Waals surface area contributed by atoms with Crippen LogP contribution in [0.25, 0.3) is 21.9 Å². The quantitative estimate of drug-likeness (QED) is 0.350. The SMILES string of the molecule is CCN(CCNC)c1ccc(-c2cc3c(c(N4CCc5ccc(CO)cc5C4)n2)C(=O)[N-]3)cc1.C[N-]C.[U+2]. The summed E-state index contributed by atoms with van der Waals surface area (Å²) >= 11 is 0. The average molecular weight is 739 g/mol. The molecule has 3 aromatic rings. The van der Waals surface area contributed by atoms with E-state index in [0.29, 0.717) is 23.6 Å². The summed E-state index contributed by atoms with van der Waals surface area (Å²) in [4.78, 5) is 21.8. The Labute approximate surface area is 249 Å². The molecule has 1 amide bonds. The Morgan fingerprint density at radius 2 is 1.87 bits per heavy atom. The van der Waals surface area contributed by atoms with Gasteiger partial charge in [-0.15, -0.1) is 5.69 Å². The van der Waals surface area contributed by atoms with Crippen LogP contribution >= 0.6 is 0 Å². The van der Waals surface area contributed by atoms with Crippen molar-refractivity contribution in [2.45, 2.75) is 26.5 Å². The number of fused-ring (bicyclic) bond motifs is 2. The Hall–Kier alpha value is -2.41. The second kappa shape index (κ2) is 14.1. The Morgan fingerprint density at radius 3 is 2.50 bits per heavy atom. The number of likely N-dealkylation sites (N-methyl/N-ethyl adjacent to an activating group) is 2. The zero-order chi connectivity index (χ0) is 26.4. The van der Waals surface area contributed by atoms with E-state index in [4.69, 9.17) is 4.98 Å². The molecule has 3 heterocycles. The van der Waals surface area contributed by atoms with Crippen molar-refractivity contribution in [1.82, 2.24) is 10.3 Å². The number of benzene rings is 2. The number of aromatic nitrogens is 1. The second-order valence-electron chi connectivity index (χ2n) is 9.25. The summed E-state index contributed by atoms with van der Waals surface area (Å²) < 4.78 is 0. The minimum absolute atomic E-state index is 0. The van der Waals surface area contributed by atoms with Gasteiger partial charge in [-0.05, 0) is 55.3 Å². The Morgan fingerprint density at radius 1 is 1.13 bits per heavy atom. The summed E-state index contributed by atoms with van der Waals surface area (Å²) in [5, 5.41) is 20.4. The van der Waals surface area contributed by atoms with E-state index in [1.807, 2.05) is 19.2 Å². The van der Waals surface area contributed by atoms with Crippen LogP contribution in [-0.4, -0.2) is 63.3 Å². The van der Waals surface area contributed by atoms with Crippen LogP contribution in [0.15, 0.2) is 48.5 Å². The van der Waals surface area contributed by atoms with Crippen LogP contribution in [0.5, 0.6) is 0 Å². The predicted molar refractivity (Wildman–Crippen MR) is 151 cm³/mol. The van der Waals surface area contributed by atoms with Gasteiger partial charge < -0.3 is 35.7 Å². The zero-order valence-electron chi connectivity index (χ0n) is 22.7. The molecule has 0 radical (unpaired) electrons. The minimum atomic E-state index is -0.197. The fourth-order valence-electron chi connectivity index (χ4n) is 4.75. The molecule has 0 spiro atoms. The van der Waals surface area contributed by atoms with E-state index < -0.39 is 0 Å². The van der Waals surface area contributed by atoms with Crippen molar-refractivity contribution in [2.24, 2.45) is 0 Å². The predicted octanol–water partition coefficient (Wildman–Crippen LogP) is 4.63. The number of aliphatic hydroxyl groups excluding tert-OH is 1. The first kappa shape index (κ1) is 30.1. The van der Waals surface area contributed by atoms with Gasteiger partial charge in [-0.25, -0.2) is 4.98 Å².